The summed E-state index contributed by atoms with van der Waals surface area (Å²) >= 11 is 6.32. The van der Waals surface area contributed by atoms with Crippen molar-refractivity contribution in [2.75, 3.05) is 0 Å². The SMILES string of the molecule is CC(C)CC1(C(N)c2ccccc2Cl)CCCC1. The number of nitrogens with two attached hydrogens (primary N) is 1. The van der Waals surface area contributed by atoms with Crippen LogP contribution in [0, 0.1) is 11.3 Å². The van der Waals surface area contributed by atoms with Gasteiger partial charge in [0.15, 0.2) is 0 Å². The predicted molar refractivity (Wildman–Crippen MR) is 78.7 cm³/mol. The molecule has 2 heteroatoms. The van der Waals surface area contributed by atoms with E-state index in [2.05, 4.69) is 19.9 Å². The highest BCUT2D eigenvalue weighted by molar-refractivity contribution is 6.31. The first kappa shape index (κ1) is 13.9. The summed E-state index contributed by atoms with van der Waals surface area (Å²) in [7, 11) is 0. The molecule has 1 unspecified atom stereocenters. The van der Waals surface area contributed by atoms with E-state index in [0.29, 0.717) is 5.92 Å². The molecule has 2 N–H and O–H groups in total. The van der Waals surface area contributed by atoms with Crippen LogP contribution in [0.25, 0.3) is 0 Å². The van der Waals surface area contributed by atoms with Crippen molar-refractivity contribution in [3.63, 3.8) is 0 Å². The Morgan fingerprint density at radius 3 is 2.39 bits per heavy atom. The summed E-state index contributed by atoms with van der Waals surface area (Å²) in [6.07, 6.45) is 6.32. The van der Waals surface area contributed by atoms with Gasteiger partial charge < -0.3 is 5.73 Å². The second-order valence-corrected chi connectivity index (χ2v) is 6.57. The normalized spacial score (nSPS) is 20.3. The van der Waals surface area contributed by atoms with E-state index >= 15 is 0 Å². The highest BCUT2D eigenvalue weighted by Crippen LogP contribution is 2.51. The standard InChI is InChI=1S/C16H24ClN/c1-12(2)11-16(9-5-6-10-16)15(18)13-7-3-4-8-14(13)17/h3-4,7-8,12,15H,5-6,9-11,18H2,1-2H3. The van der Waals surface area contributed by atoms with Crippen LogP contribution in [-0.4, -0.2) is 0 Å². The molecule has 100 valence electrons. The molecule has 0 bridgehead atoms. The van der Waals surface area contributed by atoms with E-state index in [4.69, 9.17) is 17.3 Å². The van der Waals surface area contributed by atoms with Gasteiger partial charge in [0.25, 0.3) is 0 Å². The molecule has 1 atom stereocenters. The zero-order valence-electron chi connectivity index (χ0n) is 11.5. The van der Waals surface area contributed by atoms with Crippen molar-refractivity contribution in [3.8, 4) is 0 Å². The Kier molecular flexibility index (Phi) is 4.34. The number of hydrogen-bond donors (Lipinski definition) is 1. The fraction of sp³-hybridized carbons (Fsp3) is 0.625. The molecule has 1 aliphatic carbocycles. The summed E-state index contributed by atoms with van der Waals surface area (Å²) < 4.78 is 0. The van der Waals surface area contributed by atoms with Gasteiger partial charge in [-0.15, -0.1) is 0 Å². The highest BCUT2D eigenvalue weighted by Gasteiger charge is 2.40. The molecule has 18 heavy (non-hydrogen) atoms. The van der Waals surface area contributed by atoms with Crippen LogP contribution in [0.1, 0.15) is 57.6 Å². The van der Waals surface area contributed by atoms with E-state index in [0.717, 1.165) is 10.6 Å². The van der Waals surface area contributed by atoms with Gasteiger partial charge in [0.05, 0.1) is 0 Å². The minimum absolute atomic E-state index is 0.0797. The molecule has 0 aromatic heterocycles. The van der Waals surface area contributed by atoms with Crippen molar-refractivity contribution in [1.82, 2.24) is 0 Å². The van der Waals surface area contributed by atoms with E-state index in [-0.39, 0.29) is 11.5 Å². The lowest BCUT2D eigenvalue weighted by atomic mass is 9.71. The molecule has 0 heterocycles. The molecule has 1 saturated carbocycles. The molecule has 2 rings (SSSR count). The van der Waals surface area contributed by atoms with Crippen molar-refractivity contribution >= 4 is 11.6 Å². The number of benzene rings is 1. The van der Waals surface area contributed by atoms with Crippen LogP contribution >= 0.6 is 11.6 Å². The summed E-state index contributed by atoms with van der Waals surface area (Å²) in [6.45, 7) is 4.58. The molecule has 1 aromatic carbocycles. The van der Waals surface area contributed by atoms with Crippen molar-refractivity contribution in [2.24, 2.45) is 17.1 Å². The predicted octanol–water partition coefficient (Wildman–Crippen LogP) is 4.95. The monoisotopic (exact) mass is 265 g/mol. The van der Waals surface area contributed by atoms with Gasteiger partial charge in [-0.2, -0.15) is 0 Å². The number of halogens is 1. The fourth-order valence-corrected chi connectivity index (χ4v) is 3.84. The van der Waals surface area contributed by atoms with Crippen molar-refractivity contribution in [3.05, 3.63) is 34.9 Å². The quantitative estimate of drug-likeness (QED) is 0.819. The second kappa shape index (κ2) is 5.63. The third kappa shape index (κ3) is 2.73. The molecule has 1 aliphatic rings. The van der Waals surface area contributed by atoms with Gasteiger partial charge in [0.2, 0.25) is 0 Å². The Labute approximate surface area is 116 Å². The Hall–Kier alpha value is -0.530. The van der Waals surface area contributed by atoms with Crippen LogP contribution < -0.4 is 5.73 Å². The van der Waals surface area contributed by atoms with Gasteiger partial charge in [-0.3, -0.25) is 0 Å². The zero-order valence-corrected chi connectivity index (χ0v) is 12.2. The summed E-state index contributed by atoms with van der Waals surface area (Å²) in [4.78, 5) is 0. The largest absolute Gasteiger partial charge is 0.323 e. The average molecular weight is 266 g/mol. The van der Waals surface area contributed by atoms with Crippen LogP contribution in [0.4, 0.5) is 0 Å². The van der Waals surface area contributed by atoms with Gasteiger partial charge in [-0.05, 0) is 42.2 Å². The lowest BCUT2D eigenvalue weighted by Crippen LogP contribution is -2.33. The zero-order chi connectivity index (χ0) is 13.2. The maximum atomic E-state index is 6.60. The molecular weight excluding hydrogens is 242 g/mol. The third-order valence-electron chi connectivity index (χ3n) is 4.31. The average Bonchev–Trinajstić information content (AvgIpc) is 2.77. The first-order valence-corrected chi connectivity index (χ1v) is 7.43. The summed E-state index contributed by atoms with van der Waals surface area (Å²) in [5, 5.41) is 0.819. The molecule has 0 aliphatic heterocycles. The molecule has 1 aromatic rings. The second-order valence-electron chi connectivity index (χ2n) is 6.17. The number of rotatable bonds is 4. The smallest absolute Gasteiger partial charge is 0.0453 e. The van der Waals surface area contributed by atoms with Crippen molar-refractivity contribution < 1.29 is 0 Å². The van der Waals surface area contributed by atoms with Crippen molar-refractivity contribution in [1.29, 1.82) is 0 Å². The van der Waals surface area contributed by atoms with Gasteiger partial charge in [-0.1, -0.05) is 56.5 Å². The van der Waals surface area contributed by atoms with Crippen LogP contribution in [0.2, 0.25) is 5.02 Å². The first-order valence-electron chi connectivity index (χ1n) is 7.05. The molecular formula is C16H24ClN. The lowest BCUT2D eigenvalue weighted by Gasteiger charge is -2.37. The van der Waals surface area contributed by atoms with Gasteiger partial charge >= 0.3 is 0 Å². The summed E-state index contributed by atoms with van der Waals surface area (Å²) in [5.41, 5.74) is 7.99. The molecule has 1 nitrogen and oxygen atoms in total. The molecule has 0 amide bonds. The minimum atomic E-state index is 0.0797. The number of hydrogen-bond acceptors (Lipinski definition) is 1. The third-order valence-corrected chi connectivity index (χ3v) is 4.66. The van der Waals surface area contributed by atoms with E-state index < -0.39 is 0 Å². The Balaban J connectivity index is 2.29. The summed E-state index contributed by atoms with van der Waals surface area (Å²) in [5.74, 6) is 0.691. The van der Waals surface area contributed by atoms with E-state index in [1.54, 1.807) is 0 Å². The lowest BCUT2D eigenvalue weighted by molar-refractivity contribution is 0.183. The van der Waals surface area contributed by atoms with Gasteiger partial charge in [0, 0.05) is 11.1 Å². The fourth-order valence-electron chi connectivity index (χ4n) is 3.59. The van der Waals surface area contributed by atoms with E-state index in [1.165, 1.54) is 32.1 Å². The maximum Gasteiger partial charge on any atom is 0.0453 e. The Morgan fingerprint density at radius 2 is 1.83 bits per heavy atom. The maximum absolute atomic E-state index is 6.60. The molecule has 0 radical (unpaired) electrons. The van der Waals surface area contributed by atoms with Crippen molar-refractivity contribution in [2.45, 2.75) is 52.0 Å². The van der Waals surface area contributed by atoms with E-state index in [9.17, 15) is 0 Å². The highest BCUT2D eigenvalue weighted by atomic mass is 35.5. The summed E-state index contributed by atoms with van der Waals surface area (Å²) in [6, 6.07) is 8.14. The minimum Gasteiger partial charge on any atom is -0.323 e. The van der Waals surface area contributed by atoms with Crippen LogP contribution in [0.15, 0.2) is 24.3 Å². The Bertz CT molecular complexity index is 394. The van der Waals surface area contributed by atoms with Crippen LogP contribution in [0.3, 0.4) is 0 Å². The molecule has 0 spiro atoms. The van der Waals surface area contributed by atoms with Crippen LogP contribution in [-0.2, 0) is 0 Å². The van der Waals surface area contributed by atoms with E-state index in [1.807, 2.05) is 18.2 Å². The van der Waals surface area contributed by atoms with Gasteiger partial charge in [0.1, 0.15) is 0 Å². The topological polar surface area (TPSA) is 26.0 Å². The van der Waals surface area contributed by atoms with Gasteiger partial charge in [-0.25, -0.2) is 0 Å². The molecule has 1 fully saturated rings. The Morgan fingerprint density at radius 1 is 1.22 bits per heavy atom. The first-order chi connectivity index (χ1) is 8.55. The van der Waals surface area contributed by atoms with Crippen LogP contribution in [0.5, 0.6) is 0 Å². The molecule has 0 saturated heterocycles.